The van der Waals surface area contributed by atoms with Crippen molar-refractivity contribution in [2.24, 2.45) is 0 Å². The summed E-state index contributed by atoms with van der Waals surface area (Å²) < 4.78 is 7.69. The lowest BCUT2D eigenvalue weighted by molar-refractivity contribution is 0.0933. The van der Waals surface area contributed by atoms with Gasteiger partial charge >= 0.3 is 0 Å². The molecule has 31 heavy (non-hydrogen) atoms. The molecule has 0 saturated carbocycles. The Morgan fingerprint density at radius 1 is 1.23 bits per heavy atom. The first-order valence-electron chi connectivity index (χ1n) is 9.87. The van der Waals surface area contributed by atoms with E-state index >= 15 is 0 Å². The Labute approximate surface area is 188 Å². The largest absolute Gasteiger partial charge is 0.487 e. The number of aromatic nitrogens is 4. The van der Waals surface area contributed by atoms with Crippen molar-refractivity contribution in [1.82, 2.24) is 24.9 Å². The second kappa shape index (κ2) is 9.93. The van der Waals surface area contributed by atoms with Gasteiger partial charge in [-0.3, -0.25) is 9.20 Å². The van der Waals surface area contributed by atoms with Crippen LogP contribution in [0.1, 0.15) is 39.3 Å². The predicted octanol–water partition coefficient (Wildman–Crippen LogP) is 4.30. The Morgan fingerprint density at radius 3 is 2.81 bits per heavy atom. The van der Waals surface area contributed by atoms with Crippen LogP contribution in [0.3, 0.4) is 0 Å². The lowest BCUT2D eigenvalue weighted by Crippen LogP contribution is -2.30. The van der Waals surface area contributed by atoms with E-state index in [1.165, 1.54) is 0 Å². The lowest BCUT2D eigenvalue weighted by atomic mass is 10.1. The molecule has 0 aliphatic rings. The number of ether oxygens (including phenoxy) is 1. The molecule has 3 heterocycles. The van der Waals surface area contributed by atoms with Crippen molar-refractivity contribution in [1.29, 1.82) is 0 Å². The summed E-state index contributed by atoms with van der Waals surface area (Å²) in [5, 5.41) is 14.7. The molecule has 9 heteroatoms. The number of nitrogens with one attached hydrogen (secondary N) is 1. The first-order valence-corrected chi connectivity index (χ1v) is 12.1. The number of aryl methyl sites for hydroxylation is 1. The quantitative estimate of drug-likeness (QED) is 0.407. The topological polar surface area (TPSA) is 81.4 Å². The van der Waals surface area contributed by atoms with E-state index in [1.807, 2.05) is 47.4 Å². The van der Waals surface area contributed by atoms with Crippen LogP contribution in [0.2, 0.25) is 0 Å². The van der Waals surface area contributed by atoms with Crippen molar-refractivity contribution in [2.45, 2.75) is 26.0 Å². The third-order valence-corrected chi connectivity index (χ3v) is 6.20. The number of thioether (sulfide) groups is 1. The summed E-state index contributed by atoms with van der Waals surface area (Å²) in [7, 11) is 0. The number of benzene rings is 1. The normalized spacial score (nSPS) is 12.1. The molecule has 0 radical (unpaired) electrons. The van der Waals surface area contributed by atoms with Crippen LogP contribution >= 0.6 is 23.1 Å². The molecule has 0 spiro atoms. The average Bonchev–Trinajstić information content (AvgIpc) is 3.41. The summed E-state index contributed by atoms with van der Waals surface area (Å²) in [5.41, 5.74) is 2.24. The summed E-state index contributed by atoms with van der Waals surface area (Å²) >= 11 is 3.33. The van der Waals surface area contributed by atoms with Gasteiger partial charge in [0.2, 0.25) is 0 Å². The van der Waals surface area contributed by atoms with Crippen LogP contribution in [0.25, 0.3) is 5.65 Å². The van der Waals surface area contributed by atoms with E-state index < -0.39 is 0 Å². The number of nitrogens with zero attached hydrogens (tertiary/aromatic N) is 4. The van der Waals surface area contributed by atoms with Gasteiger partial charge in [0.25, 0.3) is 5.91 Å². The van der Waals surface area contributed by atoms with E-state index in [-0.39, 0.29) is 11.9 Å². The Balaban J connectivity index is 1.44. The van der Waals surface area contributed by atoms with Gasteiger partial charge in [0, 0.05) is 17.1 Å². The van der Waals surface area contributed by atoms with Crippen molar-refractivity contribution in [3.8, 4) is 5.75 Å². The highest BCUT2D eigenvalue weighted by Gasteiger charge is 2.21. The number of hydrogen-bond acceptors (Lipinski definition) is 7. The highest BCUT2D eigenvalue weighted by atomic mass is 32.2. The van der Waals surface area contributed by atoms with Crippen molar-refractivity contribution in [2.75, 3.05) is 12.0 Å². The van der Waals surface area contributed by atoms with E-state index in [4.69, 9.17) is 4.74 Å². The van der Waals surface area contributed by atoms with Gasteiger partial charge in [-0.05, 0) is 61.8 Å². The molecule has 7 nitrogen and oxygen atoms in total. The van der Waals surface area contributed by atoms with Gasteiger partial charge in [0.1, 0.15) is 12.4 Å². The average molecular weight is 454 g/mol. The fourth-order valence-corrected chi connectivity index (χ4v) is 4.24. The molecule has 0 fully saturated rings. The minimum atomic E-state index is -0.235. The standard InChI is InChI=1S/C22H23N5O2S2/c1-15-23-17(14-31-15)13-29-18-8-6-16(7-9-18)22(28)24-19(10-12-30-2)21-26-25-20-5-3-4-11-27(20)21/h3-9,11,14,19H,10,12-13H2,1-2H3,(H,24,28)/t19-/m0/s1. The minimum absolute atomic E-state index is 0.152. The van der Waals surface area contributed by atoms with Crippen LogP contribution in [-0.2, 0) is 6.61 Å². The molecular formula is C22H23N5O2S2. The van der Waals surface area contributed by atoms with Gasteiger partial charge in [-0.2, -0.15) is 11.8 Å². The molecule has 1 atom stereocenters. The maximum Gasteiger partial charge on any atom is 0.251 e. The number of thiazole rings is 1. The number of amides is 1. The number of carbonyl (C=O) groups is 1. The van der Waals surface area contributed by atoms with E-state index in [0.717, 1.165) is 34.3 Å². The fourth-order valence-electron chi connectivity index (χ4n) is 3.17. The third-order valence-electron chi connectivity index (χ3n) is 4.74. The fraction of sp³-hybridized carbons (Fsp3) is 0.273. The Hall–Kier alpha value is -2.91. The van der Waals surface area contributed by atoms with E-state index in [9.17, 15) is 4.79 Å². The van der Waals surface area contributed by atoms with Gasteiger partial charge in [-0.25, -0.2) is 4.98 Å². The zero-order chi connectivity index (χ0) is 21.6. The molecule has 160 valence electrons. The van der Waals surface area contributed by atoms with Crippen LogP contribution in [0, 0.1) is 6.92 Å². The van der Waals surface area contributed by atoms with Gasteiger partial charge < -0.3 is 10.1 Å². The van der Waals surface area contributed by atoms with E-state index in [2.05, 4.69) is 20.5 Å². The van der Waals surface area contributed by atoms with Crippen molar-refractivity contribution in [3.05, 3.63) is 76.1 Å². The first-order chi connectivity index (χ1) is 15.1. The van der Waals surface area contributed by atoms with E-state index in [1.54, 1.807) is 47.4 Å². The number of fused-ring (bicyclic) bond motifs is 1. The summed E-state index contributed by atoms with van der Waals surface area (Å²) in [4.78, 5) is 17.3. The summed E-state index contributed by atoms with van der Waals surface area (Å²) in [6.07, 6.45) is 4.72. The Bertz CT molecular complexity index is 1160. The number of rotatable bonds is 9. The molecule has 0 aliphatic heterocycles. The molecule has 0 aliphatic carbocycles. The molecule has 4 rings (SSSR count). The van der Waals surface area contributed by atoms with Crippen molar-refractivity contribution >= 4 is 34.7 Å². The first kappa shape index (κ1) is 21.3. The van der Waals surface area contributed by atoms with Crippen LogP contribution < -0.4 is 10.1 Å². The Morgan fingerprint density at radius 2 is 2.06 bits per heavy atom. The maximum atomic E-state index is 12.9. The second-order valence-electron chi connectivity index (χ2n) is 6.97. The molecule has 0 saturated heterocycles. The van der Waals surface area contributed by atoms with Gasteiger partial charge in [0.15, 0.2) is 11.5 Å². The minimum Gasteiger partial charge on any atom is -0.487 e. The number of hydrogen-bond donors (Lipinski definition) is 1. The second-order valence-corrected chi connectivity index (χ2v) is 9.01. The van der Waals surface area contributed by atoms with E-state index in [0.29, 0.717) is 17.9 Å². The molecule has 0 bridgehead atoms. The van der Waals surface area contributed by atoms with Crippen molar-refractivity contribution < 1.29 is 9.53 Å². The molecule has 3 aromatic heterocycles. The highest BCUT2D eigenvalue weighted by molar-refractivity contribution is 7.98. The monoisotopic (exact) mass is 453 g/mol. The third kappa shape index (κ3) is 5.23. The van der Waals surface area contributed by atoms with Crippen LogP contribution in [0.15, 0.2) is 54.0 Å². The predicted molar refractivity (Wildman–Crippen MR) is 124 cm³/mol. The van der Waals surface area contributed by atoms with Crippen molar-refractivity contribution in [3.63, 3.8) is 0 Å². The molecule has 4 aromatic rings. The van der Waals surface area contributed by atoms with Crippen LogP contribution in [-0.4, -0.2) is 37.5 Å². The Kier molecular flexibility index (Phi) is 6.83. The van der Waals surface area contributed by atoms with Crippen LogP contribution in [0.5, 0.6) is 5.75 Å². The SMILES string of the molecule is CSCC[C@H](NC(=O)c1ccc(OCc2csc(C)n2)cc1)c1nnc2ccccn12. The number of pyridine rings is 1. The molecule has 1 amide bonds. The summed E-state index contributed by atoms with van der Waals surface area (Å²) in [6, 6.07) is 12.7. The van der Waals surface area contributed by atoms with Gasteiger partial charge in [-0.15, -0.1) is 21.5 Å². The zero-order valence-electron chi connectivity index (χ0n) is 17.3. The highest BCUT2D eigenvalue weighted by Crippen LogP contribution is 2.20. The molecule has 0 unspecified atom stereocenters. The molecule has 1 N–H and O–H groups in total. The number of carbonyl (C=O) groups excluding carboxylic acids is 1. The molecule has 1 aromatic carbocycles. The molecular weight excluding hydrogens is 430 g/mol. The van der Waals surface area contributed by atoms with Gasteiger partial charge in [-0.1, -0.05) is 6.07 Å². The lowest BCUT2D eigenvalue weighted by Gasteiger charge is -2.17. The van der Waals surface area contributed by atoms with Gasteiger partial charge in [0.05, 0.1) is 16.7 Å². The summed E-state index contributed by atoms with van der Waals surface area (Å²) in [5.74, 6) is 2.18. The zero-order valence-corrected chi connectivity index (χ0v) is 18.9. The summed E-state index contributed by atoms with van der Waals surface area (Å²) in [6.45, 7) is 2.38. The maximum absolute atomic E-state index is 12.9. The smallest absolute Gasteiger partial charge is 0.251 e. The van der Waals surface area contributed by atoms with Crippen LogP contribution in [0.4, 0.5) is 0 Å².